The number of hydrogen-bond donors (Lipinski definition) is 1. The average molecular weight is 210 g/mol. The molecule has 1 heterocycles. The smallest absolute Gasteiger partial charge is 0.100 e. The van der Waals surface area contributed by atoms with Crippen molar-refractivity contribution in [2.75, 3.05) is 12.3 Å². The Kier molecular flexibility index (Phi) is 5.64. The molecule has 0 bridgehead atoms. The van der Waals surface area contributed by atoms with Gasteiger partial charge in [0.05, 0.1) is 0 Å². The zero-order valence-corrected chi connectivity index (χ0v) is 9.73. The Morgan fingerprint density at radius 1 is 1.43 bits per heavy atom. The summed E-state index contributed by atoms with van der Waals surface area (Å²) in [4.78, 5) is 4.37. The van der Waals surface area contributed by atoms with Gasteiger partial charge in [0.1, 0.15) is 5.03 Å². The average Bonchev–Trinajstić information content (AvgIpc) is 2.21. The van der Waals surface area contributed by atoms with Gasteiger partial charge in [0.25, 0.3) is 0 Å². The molecular formula is C11H18N2S. The van der Waals surface area contributed by atoms with Gasteiger partial charge in [0.2, 0.25) is 0 Å². The summed E-state index contributed by atoms with van der Waals surface area (Å²) in [5.74, 6) is 1.08. The number of nitrogens with zero attached hydrogens (tertiary/aromatic N) is 1. The number of aromatic nitrogens is 1. The van der Waals surface area contributed by atoms with Gasteiger partial charge >= 0.3 is 0 Å². The summed E-state index contributed by atoms with van der Waals surface area (Å²) in [5, 5.41) is 4.56. The maximum absolute atomic E-state index is 4.37. The van der Waals surface area contributed by atoms with Crippen molar-refractivity contribution in [3.05, 3.63) is 23.9 Å². The molecular weight excluding hydrogens is 192 g/mol. The summed E-state index contributed by atoms with van der Waals surface area (Å²) in [7, 11) is 0. The van der Waals surface area contributed by atoms with Crippen molar-refractivity contribution in [2.45, 2.75) is 31.8 Å². The van der Waals surface area contributed by atoms with Crippen LogP contribution in [-0.4, -0.2) is 17.3 Å². The van der Waals surface area contributed by atoms with Crippen LogP contribution >= 0.6 is 11.8 Å². The van der Waals surface area contributed by atoms with Crippen molar-refractivity contribution in [1.29, 1.82) is 0 Å². The quantitative estimate of drug-likeness (QED) is 0.577. The third-order valence-electron chi connectivity index (χ3n) is 1.87. The Hall–Kier alpha value is -0.540. The summed E-state index contributed by atoms with van der Waals surface area (Å²) in [6, 6.07) is 4.15. The topological polar surface area (TPSA) is 24.9 Å². The molecule has 0 atom stereocenters. The Morgan fingerprint density at radius 2 is 2.29 bits per heavy atom. The van der Waals surface area contributed by atoms with E-state index in [-0.39, 0.29) is 0 Å². The Labute approximate surface area is 90.5 Å². The summed E-state index contributed by atoms with van der Waals surface area (Å²) in [6.07, 6.45) is 3.04. The van der Waals surface area contributed by atoms with E-state index < -0.39 is 0 Å². The molecule has 0 fully saturated rings. The monoisotopic (exact) mass is 210 g/mol. The van der Waals surface area contributed by atoms with Gasteiger partial charge in [-0.25, -0.2) is 4.98 Å². The third-order valence-corrected chi connectivity index (χ3v) is 2.80. The minimum atomic E-state index is 0.935. The summed E-state index contributed by atoms with van der Waals surface area (Å²) in [6.45, 7) is 6.34. The van der Waals surface area contributed by atoms with Crippen LogP contribution in [0.2, 0.25) is 0 Å². The van der Waals surface area contributed by atoms with Gasteiger partial charge < -0.3 is 5.32 Å². The predicted molar refractivity (Wildman–Crippen MR) is 62.6 cm³/mol. The van der Waals surface area contributed by atoms with Crippen LogP contribution in [0.5, 0.6) is 0 Å². The summed E-state index contributed by atoms with van der Waals surface area (Å²) >= 11 is 1.81. The van der Waals surface area contributed by atoms with E-state index in [4.69, 9.17) is 0 Å². The van der Waals surface area contributed by atoms with Gasteiger partial charge in [-0.3, -0.25) is 0 Å². The fourth-order valence-corrected chi connectivity index (χ4v) is 1.96. The first-order valence-electron chi connectivity index (χ1n) is 5.15. The van der Waals surface area contributed by atoms with Gasteiger partial charge in [-0.2, -0.15) is 0 Å². The van der Waals surface area contributed by atoms with Crippen LogP contribution in [0.4, 0.5) is 0 Å². The van der Waals surface area contributed by atoms with E-state index in [1.54, 1.807) is 0 Å². The first kappa shape index (κ1) is 11.5. The molecule has 0 spiro atoms. The molecule has 3 heteroatoms. The van der Waals surface area contributed by atoms with E-state index in [0.717, 1.165) is 18.8 Å². The molecule has 1 rings (SSSR count). The second-order valence-electron chi connectivity index (χ2n) is 3.08. The lowest BCUT2D eigenvalue weighted by Crippen LogP contribution is -2.14. The van der Waals surface area contributed by atoms with Gasteiger partial charge in [-0.05, 0) is 30.3 Å². The van der Waals surface area contributed by atoms with E-state index in [1.807, 2.05) is 24.0 Å². The minimum absolute atomic E-state index is 0.935. The highest BCUT2D eigenvalue weighted by atomic mass is 32.2. The third kappa shape index (κ3) is 3.68. The van der Waals surface area contributed by atoms with Crippen LogP contribution in [0.3, 0.4) is 0 Å². The number of hydrogen-bond acceptors (Lipinski definition) is 3. The minimum Gasteiger partial charge on any atom is -0.313 e. The Balaban J connectivity index is 2.55. The maximum Gasteiger partial charge on any atom is 0.100 e. The molecule has 1 N–H and O–H groups in total. The van der Waals surface area contributed by atoms with Crippen LogP contribution < -0.4 is 5.32 Å². The molecule has 1 aromatic heterocycles. The van der Waals surface area contributed by atoms with Crippen molar-refractivity contribution >= 4 is 11.8 Å². The van der Waals surface area contributed by atoms with Crippen LogP contribution in [0.15, 0.2) is 23.4 Å². The molecule has 1 aromatic rings. The largest absolute Gasteiger partial charge is 0.313 e. The second kappa shape index (κ2) is 6.85. The molecule has 14 heavy (non-hydrogen) atoms. The van der Waals surface area contributed by atoms with E-state index >= 15 is 0 Å². The lowest BCUT2D eigenvalue weighted by Gasteiger charge is -2.07. The highest BCUT2D eigenvalue weighted by Crippen LogP contribution is 2.18. The Morgan fingerprint density at radius 3 is 3.00 bits per heavy atom. The highest BCUT2D eigenvalue weighted by Gasteiger charge is 2.01. The zero-order chi connectivity index (χ0) is 10.2. The maximum atomic E-state index is 4.37. The van der Waals surface area contributed by atoms with Crippen molar-refractivity contribution in [2.24, 2.45) is 0 Å². The van der Waals surface area contributed by atoms with Crippen LogP contribution in [0.25, 0.3) is 0 Å². The molecule has 78 valence electrons. The predicted octanol–water partition coefficient (Wildman–Crippen LogP) is 2.69. The first-order valence-corrected chi connectivity index (χ1v) is 6.14. The molecule has 0 radical (unpaired) electrons. The molecule has 0 saturated carbocycles. The molecule has 0 saturated heterocycles. The molecule has 0 amide bonds. The van der Waals surface area contributed by atoms with Gasteiger partial charge in [0, 0.05) is 12.7 Å². The lowest BCUT2D eigenvalue weighted by atomic mass is 10.3. The standard InChI is InChI=1S/C11H18N2S/c1-3-7-12-9-10-6-5-8-13-11(10)14-4-2/h5-6,8,12H,3-4,7,9H2,1-2H3. The molecule has 0 aliphatic heterocycles. The van der Waals surface area contributed by atoms with Crippen LogP contribution in [-0.2, 0) is 6.54 Å². The molecule has 0 aromatic carbocycles. The van der Waals surface area contributed by atoms with E-state index in [0.29, 0.717) is 0 Å². The van der Waals surface area contributed by atoms with Crippen LogP contribution in [0.1, 0.15) is 25.8 Å². The summed E-state index contributed by atoms with van der Waals surface area (Å²) < 4.78 is 0. The summed E-state index contributed by atoms with van der Waals surface area (Å²) in [5.41, 5.74) is 1.31. The number of thioether (sulfide) groups is 1. The van der Waals surface area contributed by atoms with Crippen molar-refractivity contribution in [3.63, 3.8) is 0 Å². The Bertz CT molecular complexity index is 263. The number of nitrogens with one attached hydrogen (secondary N) is 1. The zero-order valence-electron chi connectivity index (χ0n) is 8.92. The van der Waals surface area contributed by atoms with E-state index in [9.17, 15) is 0 Å². The van der Waals surface area contributed by atoms with Crippen molar-refractivity contribution in [1.82, 2.24) is 10.3 Å². The molecule has 0 unspecified atom stereocenters. The van der Waals surface area contributed by atoms with Crippen molar-refractivity contribution in [3.8, 4) is 0 Å². The fourth-order valence-electron chi connectivity index (χ4n) is 1.23. The van der Waals surface area contributed by atoms with Gasteiger partial charge in [0.15, 0.2) is 0 Å². The normalized spacial score (nSPS) is 10.4. The number of pyridine rings is 1. The molecule has 2 nitrogen and oxygen atoms in total. The molecule has 0 aliphatic carbocycles. The SMILES string of the molecule is CCCNCc1cccnc1SCC. The second-order valence-corrected chi connectivity index (χ2v) is 4.33. The number of rotatable bonds is 6. The lowest BCUT2D eigenvalue weighted by molar-refractivity contribution is 0.665. The highest BCUT2D eigenvalue weighted by molar-refractivity contribution is 7.99. The fraction of sp³-hybridized carbons (Fsp3) is 0.545. The van der Waals surface area contributed by atoms with Gasteiger partial charge in [-0.15, -0.1) is 11.8 Å². The van der Waals surface area contributed by atoms with Crippen LogP contribution in [0, 0.1) is 0 Å². The molecule has 0 aliphatic rings. The van der Waals surface area contributed by atoms with E-state index in [2.05, 4.69) is 30.2 Å². The van der Waals surface area contributed by atoms with E-state index in [1.165, 1.54) is 17.0 Å². The first-order chi connectivity index (χ1) is 6.88. The van der Waals surface area contributed by atoms with Gasteiger partial charge in [-0.1, -0.05) is 19.9 Å². The van der Waals surface area contributed by atoms with Crippen molar-refractivity contribution < 1.29 is 0 Å².